The predicted molar refractivity (Wildman–Crippen MR) is 100.0 cm³/mol. The van der Waals surface area contributed by atoms with Crippen LogP contribution in [0.15, 0.2) is 42.6 Å². The van der Waals surface area contributed by atoms with Crippen LogP contribution in [0.5, 0.6) is 23.0 Å². The number of anilines is 1. The van der Waals surface area contributed by atoms with E-state index in [1.165, 1.54) is 0 Å². The number of ether oxygens (including phenoxy) is 3. The molecule has 8 heteroatoms. The molecule has 1 aliphatic heterocycles. The lowest BCUT2D eigenvalue weighted by atomic mass is 10.1. The number of benzene rings is 2. The number of fused-ring (bicyclic) bond motifs is 2. The highest BCUT2D eigenvalue weighted by molar-refractivity contribution is 7.84. The average molecular weight is 371 g/mol. The van der Waals surface area contributed by atoms with Gasteiger partial charge in [0.25, 0.3) is 0 Å². The molecule has 7 nitrogen and oxygen atoms in total. The fraction of sp³-hybridized carbons (Fsp3) is 0.167. The standard InChI is InChI=1S/C18H17N3O4S/c1-23-17-8-13-15(9-18(17)24-2)19-6-5-16(13)25-12-3-4-14-11(7-12)10-20-26(22)21-14/h3-9,20-21H,10H2,1-2H3. The average Bonchev–Trinajstić information content (AvgIpc) is 2.67. The van der Waals surface area contributed by atoms with E-state index >= 15 is 0 Å². The normalized spacial score (nSPS) is 15.8. The van der Waals surface area contributed by atoms with Crippen molar-refractivity contribution in [2.75, 3.05) is 18.9 Å². The molecular weight excluding hydrogens is 354 g/mol. The molecule has 1 aliphatic rings. The van der Waals surface area contributed by atoms with Crippen LogP contribution in [-0.2, 0) is 17.7 Å². The van der Waals surface area contributed by atoms with E-state index in [1.807, 2.05) is 30.3 Å². The Morgan fingerprint density at radius 1 is 1.04 bits per heavy atom. The first kappa shape index (κ1) is 16.6. The number of methoxy groups -OCH3 is 2. The quantitative estimate of drug-likeness (QED) is 0.736. The van der Waals surface area contributed by atoms with Gasteiger partial charge in [0, 0.05) is 24.2 Å². The first-order valence-corrected chi connectivity index (χ1v) is 9.06. The first-order chi connectivity index (χ1) is 12.7. The molecule has 2 N–H and O–H groups in total. The van der Waals surface area contributed by atoms with E-state index in [1.54, 1.807) is 26.5 Å². The van der Waals surface area contributed by atoms with Gasteiger partial charge in [-0.15, -0.1) is 0 Å². The van der Waals surface area contributed by atoms with E-state index < -0.39 is 11.2 Å². The van der Waals surface area contributed by atoms with Crippen LogP contribution in [0, 0.1) is 0 Å². The third-order valence-corrected chi connectivity index (χ3v) is 4.92. The molecular formula is C18H17N3O4S. The summed E-state index contributed by atoms with van der Waals surface area (Å²) in [6.07, 6.45) is 1.69. The van der Waals surface area contributed by atoms with E-state index in [9.17, 15) is 4.21 Å². The molecule has 0 aliphatic carbocycles. The number of hydrogen-bond acceptors (Lipinski definition) is 5. The van der Waals surface area contributed by atoms with Crippen molar-refractivity contribution in [1.29, 1.82) is 0 Å². The summed E-state index contributed by atoms with van der Waals surface area (Å²) < 4.78 is 34.0. The van der Waals surface area contributed by atoms with Crippen molar-refractivity contribution in [1.82, 2.24) is 9.71 Å². The van der Waals surface area contributed by atoms with Crippen molar-refractivity contribution < 1.29 is 18.4 Å². The minimum atomic E-state index is -1.25. The van der Waals surface area contributed by atoms with Gasteiger partial charge < -0.3 is 14.2 Å². The summed E-state index contributed by atoms with van der Waals surface area (Å²) in [4.78, 5) is 4.38. The van der Waals surface area contributed by atoms with Gasteiger partial charge in [0.1, 0.15) is 11.5 Å². The Hall–Kier alpha value is -2.84. The maximum atomic E-state index is 11.5. The Bertz CT molecular complexity index is 1010. The fourth-order valence-corrected chi connectivity index (χ4v) is 3.58. The van der Waals surface area contributed by atoms with E-state index in [0.717, 1.165) is 22.2 Å². The molecule has 0 radical (unpaired) electrons. The Balaban J connectivity index is 1.72. The van der Waals surface area contributed by atoms with E-state index in [4.69, 9.17) is 14.2 Å². The molecule has 1 unspecified atom stereocenters. The summed E-state index contributed by atoms with van der Waals surface area (Å²) in [5.41, 5.74) is 2.57. The van der Waals surface area contributed by atoms with Gasteiger partial charge in [-0.2, -0.15) is 0 Å². The van der Waals surface area contributed by atoms with Crippen LogP contribution in [0.3, 0.4) is 0 Å². The zero-order valence-electron chi connectivity index (χ0n) is 14.2. The lowest BCUT2D eigenvalue weighted by molar-refractivity contribution is 0.355. The summed E-state index contributed by atoms with van der Waals surface area (Å²) in [5.74, 6) is 2.57. The van der Waals surface area contributed by atoms with Gasteiger partial charge in [-0.3, -0.25) is 9.71 Å². The molecule has 0 bridgehead atoms. The van der Waals surface area contributed by atoms with Crippen molar-refractivity contribution in [2.45, 2.75) is 6.54 Å². The van der Waals surface area contributed by atoms with Crippen LogP contribution in [-0.4, -0.2) is 23.4 Å². The molecule has 0 amide bonds. The molecule has 26 heavy (non-hydrogen) atoms. The van der Waals surface area contributed by atoms with Crippen molar-refractivity contribution >= 4 is 27.8 Å². The minimum absolute atomic E-state index is 0.508. The smallest absolute Gasteiger partial charge is 0.193 e. The summed E-state index contributed by atoms with van der Waals surface area (Å²) in [6, 6.07) is 11.1. The Morgan fingerprint density at radius 3 is 2.65 bits per heavy atom. The van der Waals surface area contributed by atoms with Crippen LogP contribution in [0.1, 0.15) is 5.56 Å². The second-order valence-corrected chi connectivity index (χ2v) is 6.68. The van der Waals surface area contributed by atoms with Crippen LogP contribution in [0.25, 0.3) is 10.9 Å². The number of aromatic nitrogens is 1. The number of nitrogens with one attached hydrogen (secondary N) is 2. The molecule has 0 fully saturated rings. The van der Waals surface area contributed by atoms with Gasteiger partial charge >= 0.3 is 0 Å². The SMILES string of the molecule is COc1cc2nccc(Oc3ccc4c(c3)CNS(=O)N4)c2cc1OC. The predicted octanol–water partition coefficient (Wildman–Crippen LogP) is 3.14. The highest BCUT2D eigenvalue weighted by atomic mass is 32.2. The van der Waals surface area contributed by atoms with Crippen LogP contribution in [0.4, 0.5) is 5.69 Å². The first-order valence-electron chi connectivity index (χ1n) is 7.91. The van der Waals surface area contributed by atoms with Gasteiger partial charge in [-0.1, -0.05) is 0 Å². The summed E-state index contributed by atoms with van der Waals surface area (Å²) in [5, 5.41) is 0.820. The molecule has 0 spiro atoms. The molecule has 1 atom stereocenters. The summed E-state index contributed by atoms with van der Waals surface area (Å²) >= 11 is -1.25. The maximum absolute atomic E-state index is 11.5. The molecule has 134 valence electrons. The van der Waals surface area contributed by atoms with Crippen LogP contribution < -0.4 is 23.7 Å². The molecule has 2 heterocycles. The second kappa shape index (κ2) is 6.81. The largest absolute Gasteiger partial charge is 0.493 e. The highest BCUT2D eigenvalue weighted by Gasteiger charge is 2.15. The van der Waals surface area contributed by atoms with E-state index in [0.29, 0.717) is 29.5 Å². The minimum Gasteiger partial charge on any atom is -0.493 e. The lowest BCUT2D eigenvalue weighted by Crippen LogP contribution is -2.28. The highest BCUT2D eigenvalue weighted by Crippen LogP contribution is 2.37. The third-order valence-electron chi connectivity index (χ3n) is 4.11. The summed E-state index contributed by atoms with van der Waals surface area (Å²) in [7, 11) is 3.18. The zero-order valence-corrected chi connectivity index (χ0v) is 15.1. The third kappa shape index (κ3) is 3.04. The van der Waals surface area contributed by atoms with Crippen LogP contribution >= 0.6 is 0 Å². The van der Waals surface area contributed by atoms with Gasteiger partial charge in [-0.05, 0) is 35.9 Å². The molecule has 0 saturated carbocycles. The van der Waals surface area contributed by atoms with Gasteiger partial charge in [0.2, 0.25) is 0 Å². The lowest BCUT2D eigenvalue weighted by Gasteiger charge is -2.19. The van der Waals surface area contributed by atoms with Crippen molar-refractivity contribution in [3.8, 4) is 23.0 Å². The van der Waals surface area contributed by atoms with Gasteiger partial charge in [0.05, 0.1) is 25.4 Å². The number of hydrogen-bond donors (Lipinski definition) is 2. The molecule has 4 rings (SSSR count). The second-order valence-electron chi connectivity index (χ2n) is 5.65. The molecule has 1 aromatic heterocycles. The summed E-state index contributed by atoms with van der Waals surface area (Å²) in [6.45, 7) is 0.508. The Kier molecular flexibility index (Phi) is 4.36. The number of pyridine rings is 1. The van der Waals surface area contributed by atoms with E-state index in [-0.39, 0.29) is 0 Å². The fourth-order valence-electron chi connectivity index (χ4n) is 2.82. The monoisotopic (exact) mass is 371 g/mol. The molecule has 2 aromatic carbocycles. The van der Waals surface area contributed by atoms with Crippen molar-refractivity contribution in [2.24, 2.45) is 0 Å². The molecule has 0 saturated heterocycles. The Morgan fingerprint density at radius 2 is 1.85 bits per heavy atom. The molecule has 3 aromatic rings. The maximum Gasteiger partial charge on any atom is 0.193 e. The topological polar surface area (TPSA) is 81.7 Å². The number of rotatable bonds is 4. The van der Waals surface area contributed by atoms with Crippen LogP contribution in [0.2, 0.25) is 0 Å². The Labute approximate surface area is 153 Å². The van der Waals surface area contributed by atoms with Crippen molar-refractivity contribution in [3.05, 3.63) is 48.2 Å². The van der Waals surface area contributed by atoms with Gasteiger partial charge in [0.15, 0.2) is 22.7 Å². The zero-order chi connectivity index (χ0) is 18.1. The number of nitrogens with zero attached hydrogens (tertiary/aromatic N) is 1. The van der Waals surface area contributed by atoms with Crippen molar-refractivity contribution in [3.63, 3.8) is 0 Å². The van der Waals surface area contributed by atoms with Gasteiger partial charge in [-0.25, -0.2) is 8.93 Å². The van der Waals surface area contributed by atoms with E-state index in [2.05, 4.69) is 14.4 Å².